The molecule has 1 heterocycles. The third-order valence-corrected chi connectivity index (χ3v) is 3.76. The summed E-state index contributed by atoms with van der Waals surface area (Å²) in [4.78, 5) is 0. The Morgan fingerprint density at radius 3 is 2.46 bits per heavy atom. The van der Waals surface area contributed by atoms with Gasteiger partial charge >= 0.3 is 6.36 Å². The first kappa shape index (κ1) is 16.9. The number of alkyl halides is 3. The Bertz CT molecular complexity index is 747. The van der Waals surface area contributed by atoms with E-state index in [1.807, 2.05) is 0 Å². The van der Waals surface area contributed by atoms with Gasteiger partial charge in [-0.1, -0.05) is 29.8 Å². The highest BCUT2D eigenvalue weighted by Crippen LogP contribution is 2.38. The largest absolute Gasteiger partial charge is 0.573 e. The highest BCUT2D eigenvalue weighted by atomic mass is 35.5. The third-order valence-electron chi connectivity index (χ3n) is 3.47. The lowest BCUT2D eigenvalue weighted by molar-refractivity contribution is -0.275. The third kappa shape index (κ3) is 3.73. The van der Waals surface area contributed by atoms with Crippen LogP contribution in [0.4, 0.5) is 17.6 Å². The molecule has 128 valence electrons. The molecule has 8 heteroatoms. The van der Waals surface area contributed by atoms with Crippen molar-refractivity contribution < 1.29 is 27.0 Å². The molecule has 1 fully saturated rings. The van der Waals surface area contributed by atoms with Crippen LogP contribution in [0.25, 0.3) is 11.1 Å². The van der Waals surface area contributed by atoms with Gasteiger partial charge in [-0.25, -0.2) is 4.39 Å². The van der Waals surface area contributed by atoms with Crippen LogP contribution < -0.4 is 14.8 Å². The fourth-order valence-electron chi connectivity index (χ4n) is 2.23. The van der Waals surface area contributed by atoms with Gasteiger partial charge in [-0.3, -0.25) is 0 Å². The Kier molecular flexibility index (Phi) is 4.56. The summed E-state index contributed by atoms with van der Waals surface area (Å²) in [6.07, 6.45) is -5.11. The van der Waals surface area contributed by atoms with E-state index < -0.39 is 17.9 Å². The van der Waals surface area contributed by atoms with E-state index in [1.165, 1.54) is 30.3 Å². The topological polar surface area (TPSA) is 30.5 Å². The van der Waals surface area contributed by atoms with Gasteiger partial charge in [0, 0.05) is 18.7 Å². The van der Waals surface area contributed by atoms with Crippen LogP contribution in [0, 0.1) is 5.82 Å². The fraction of sp³-hybridized carbons (Fsp3) is 0.250. The molecule has 0 aromatic heterocycles. The summed E-state index contributed by atoms with van der Waals surface area (Å²) in [7, 11) is 0. The molecule has 2 aromatic carbocycles. The molecule has 1 N–H and O–H groups in total. The zero-order chi connectivity index (χ0) is 17.3. The summed E-state index contributed by atoms with van der Waals surface area (Å²) < 4.78 is 61.5. The number of ether oxygens (including phenoxy) is 2. The molecule has 0 bridgehead atoms. The van der Waals surface area contributed by atoms with Crippen molar-refractivity contribution in [2.75, 3.05) is 13.1 Å². The lowest BCUT2D eigenvalue weighted by atomic mass is 10.0. The van der Waals surface area contributed by atoms with Crippen LogP contribution in [-0.4, -0.2) is 25.6 Å². The van der Waals surface area contributed by atoms with E-state index in [-0.39, 0.29) is 28.0 Å². The average molecular weight is 362 g/mol. The summed E-state index contributed by atoms with van der Waals surface area (Å²) in [5.74, 6) is -1.29. The van der Waals surface area contributed by atoms with Gasteiger partial charge in [0.1, 0.15) is 11.9 Å². The van der Waals surface area contributed by atoms with Gasteiger partial charge < -0.3 is 14.8 Å². The van der Waals surface area contributed by atoms with E-state index in [2.05, 4.69) is 10.1 Å². The van der Waals surface area contributed by atoms with Crippen molar-refractivity contribution in [2.24, 2.45) is 0 Å². The van der Waals surface area contributed by atoms with Crippen molar-refractivity contribution in [3.63, 3.8) is 0 Å². The summed E-state index contributed by atoms with van der Waals surface area (Å²) in [5, 5.41) is 2.83. The number of nitrogens with one attached hydrogen (secondary N) is 1. The molecule has 1 aliphatic heterocycles. The average Bonchev–Trinajstić information content (AvgIpc) is 2.45. The lowest BCUT2D eigenvalue weighted by Crippen LogP contribution is -2.50. The van der Waals surface area contributed by atoms with Gasteiger partial charge in [0.25, 0.3) is 0 Å². The number of benzene rings is 2. The quantitative estimate of drug-likeness (QED) is 0.819. The highest BCUT2D eigenvalue weighted by Gasteiger charge is 2.33. The minimum atomic E-state index is -4.89. The minimum Gasteiger partial charge on any atom is -0.484 e. The smallest absolute Gasteiger partial charge is 0.484 e. The zero-order valence-corrected chi connectivity index (χ0v) is 12.9. The maximum atomic E-state index is 14.1. The van der Waals surface area contributed by atoms with Gasteiger partial charge in [0.05, 0.1) is 5.02 Å². The summed E-state index contributed by atoms with van der Waals surface area (Å²) in [6, 6.07) is 8.16. The first-order chi connectivity index (χ1) is 11.3. The second-order valence-corrected chi connectivity index (χ2v) is 5.62. The Labute approximate surface area is 140 Å². The molecule has 1 saturated heterocycles. The van der Waals surface area contributed by atoms with Crippen LogP contribution in [0.5, 0.6) is 11.5 Å². The number of hydrogen-bond donors (Lipinski definition) is 1. The van der Waals surface area contributed by atoms with Crippen LogP contribution >= 0.6 is 11.6 Å². The van der Waals surface area contributed by atoms with Crippen molar-refractivity contribution in [3.05, 3.63) is 47.2 Å². The zero-order valence-electron chi connectivity index (χ0n) is 12.2. The van der Waals surface area contributed by atoms with Crippen molar-refractivity contribution in [2.45, 2.75) is 12.5 Å². The molecule has 0 aliphatic carbocycles. The Morgan fingerprint density at radius 1 is 1.08 bits per heavy atom. The van der Waals surface area contributed by atoms with Crippen molar-refractivity contribution >= 4 is 11.6 Å². The first-order valence-electron chi connectivity index (χ1n) is 7.05. The molecular weight excluding hydrogens is 350 g/mol. The van der Waals surface area contributed by atoms with Crippen LogP contribution in [0.2, 0.25) is 5.02 Å². The van der Waals surface area contributed by atoms with Crippen molar-refractivity contribution in [1.82, 2.24) is 5.32 Å². The second-order valence-electron chi connectivity index (χ2n) is 5.21. The van der Waals surface area contributed by atoms with E-state index in [9.17, 15) is 17.6 Å². The highest BCUT2D eigenvalue weighted by molar-refractivity contribution is 6.31. The summed E-state index contributed by atoms with van der Waals surface area (Å²) in [5.41, 5.74) is 0.278. The molecule has 0 amide bonds. The predicted octanol–water partition coefficient (Wildman–Crippen LogP) is 4.40. The molecule has 0 radical (unpaired) electrons. The van der Waals surface area contributed by atoms with Crippen LogP contribution in [0.1, 0.15) is 0 Å². The summed E-state index contributed by atoms with van der Waals surface area (Å²) >= 11 is 5.72. The number of halogens is 5. The molecule has 0 spiro atoms. The van der Waals surface area contributed by atoms with Crippen LogP contribution in [0.3, 0.4) is 0 Å². The second kappa shape index (κ2) is 6.49. The fourth-order valence-corrected chi connectivity index (χ4v) is 2.40. The molecule has 0 saturated carbocycles. The SMILES string of the molecule is Fc1c(Cl)cccc1-c1ccc(OC2CNC2)c(OC(F)(F)F)c1. The summed E-state index contributed by atoms with van der Waals surface area (Å²) in [6.45, 7) is 1.08. The van der Waals surface area contributed by atoms with Crippen molar-refractivity contribution in [1.29, 1.82) is 0 Å². The molecular formula is C16H12ClF4NO2. The Morgan fingerprint density at radius 2 is 1.83 bits per heavy atom. The Balaban J connectivity index is 1.99. The van der Waals surface area contributed by atoms with E-state index in [0.717, 1.165) is 6.07 Å². The van der Waals surface area contributed by atoms with Gasteiger partial charge in [0.15, 0.2) is 11.5 Å². The first-order valence-corrected chi connectivity index (χ1v) is 7.43. The van der Waals surface area contributed by atoms with Gasteiger partial charge in [-0.05, 0) is 23.8 Å². The van der Waals surface area contributed by atoms with Gasteiger partial charge in [-0.2, -0.15) is 0 Å². The molecule has 0 unspecified atom stereocenters. The van der Waals surface area contributed by atoms with E-state index >= 15 is 0 Å². The van der Waals surface area contributed by atoms with Gasteiger partial charge in [-0.15, -0.1) is 13.2 Å². The molecule has 0 atom stereocenters. The molecule has 1 aliphatic rings. The Hall–Kier alpha value is -1.99. The monoisotopic (exact) mass is 361 g/mol. The molecule has 24 heavy (non-hydrogen) atoms. The molecule has 2 aromatic rings. The number of hydrogen-bond acceptors (Lipinski definition) is 3. The maximum Gasteiger partial charge on any atom is 0.573 e. The lowest BCUT2D eigenvalue weighted by Gasteiger charge is -2.28. The van der Waals surface area contributed by atoms with Gasteiger partial charge in [0.2, 0.25) is 0 Å². The number of rotatable bonds is 4. The van der Waals surface area contributed by atoms with E-state index in [4.69, 9.17) is 16.3 Å². The normalized spacial score (nSPS) is 15.0. The molecule has 3 nitrogen and oxygen atoms in total. The predicted molar refractivity (Wildman–Crippen MR) is 80.8 cm³/mol. The standard InChI is InChI=1S/C16H12ClF4NO2/c17-12-3-1-2-11(15(12)18)9-4-5-13(23-10-7-22-8-10)14(6-9)24-16(19,20)21/h1-6,10,22H,7-8H2. The molecule has 3 rings (SSSR count). The van der Waals surface area contributed by atoms with E-state index in [1.54, 1.807) is 0 Å². The maximum absolute atomic E-state index is 14.1. The van der Waals surface area contributed by atoms with Crippen LogP contribution in [0.15, 0.2) is 36.4 Å². The van der Waals surface area contributed by atoms with E-state index in [0.29, 0.717) is 13.1 Å². The van der Waals surface area contributed by atoms with Crippen molar-refractivity contribution in [3.8, 4) is 22.6 Å². The van der Waals surface area contributed by atoms with Crippen LogP contribution in [-0.2, 0) is 0 Å². The minimum absolute atomic E-state index is 0.0509.